The van der Waals surface area contributed by atoms with Crippen LogP contribution >= 0.6 is 11.6 Å². The van der Waals surface area contributed by atoms with E-state index in [0.717, 1.165) is 0 Å². The SMILES string of the molecule is C=C1CC(O)(C(F)(F)F)N(C(=O)c2cccc(Cl)c2)N1. The van der Waals surface area contributed by atoms with Gasteiger partial charge in [-0.15, -0.1) is 0 Å². The zero-order chi connectivity index (χ0) is 15.1. The Balaban J connectivity index is 2.40. The summed E-state index contributed by atoms with van der Waals surface area (Å²) in [5.41, 5.74) is -1.38. The monoisotopic (exact) mass is 306 g/mol. The van der Waals surface area contributed by atoms with E-state index in [1.54, 1.807) is 0 Å². The molecule has 0 spiro atoms. The molecule has 1 unspecified atom stereocenters. The highest BCUT2D eigenvalue weighted by atomic mass is 35.5. The molecule has 20 heavy (non-hydrogen) atoms. The lowest BCUT2D eigenvalue weighted by atomic mass is 10.1. The molecule has 1 heterocycles. The molecule has 0 radical (unpaired) electrons. The fourth-order valence-electron chi connectivity index (χ4n) is 1.86. The number of aliphatic hydroxyl groups is 1. The standard InChI is InChI=1S/C12H10ClF3N2O2/c1-7-6-11(20,12(14,15)16)18(17-7)10(19)8-3-2-4-9(13)5-8/h2-5,17,20H,1,6H2. The van der Waals surface area contributed by atoms with Crippen LogP contribution in [-0.4, -0.2) is 27.9 Å². The second-order valence-corrected chi connectivity index (χ2v) is 4.79. The summed E-state index contributed by atoms with van der Waals surface area (Å²) in [5, 5.41) is 10.1. The minimum Gasteiger partial charge on any atom is -0.362 e. The molecule has 2 N–H and O–H groups in total. The maximum atomic E-state index is 13.0. The van der Waals surface area contributed by atoms with E-state index in [-0.39, 0.29) is 21.3 Å². The van der Waals surface area contributed by atoms with Gasteiger partial charge in [0.1, 0.15) is 0 Å². The zero-order valence-electron chi connectivity index (χ0n) is 10.0. The van der Waals surface area contributed by atoms with Crippen LogP contribution in [0.3, 0.4) is 0 Å². The minimum absolute atomic E-state index is 0.0811. The molecule has 8 heteroatoms. The predicted octanol–water partition coefficient (Wildman–Crippen LogP) is 2.46. The Kier molecular flexibility index (Phi) is 3.43. The third-order valence-electron chi connectivity index (χ3n) is 2.83. The predicted molar refractivity (Wildman–Crippen MR) is 65.5 cm³/mol. The van der Waals surface area contributed by atoms with Crippen LogP contribution in [0.1, 0.15) is 16.8 Å². The number of hydrogen-bond donors (Lipinski definition) is 2. The van der Waals surface area contributed by atoms with E-state index in [1.165, 1.54) is 24.3 Å². The molecule has 1 aromatic carbocycles. The van der Waals surface area contributed by atoms with Gasteiger partial charge in [-0.05, 0) is 18.2 Å². The molecule has 4 nitrogen and oxygen atoms in total. The van der Waals surface area contributed by atoms with Gasteiger partial charge in [-0.3, -0.25) is 10.2 Å². The van der Waals surface area contributed by atoms with Crippen molar-refractivity contribution in [1.82, 2.24) is 10.4 Å². The Bertz CT molecular complexity index is 576. The number of nitrogens with zero attached hydrogens (tertiary/aromatic N) is 1. The molecule has 2 rings (SSSR count). The van der Waals surface area contributed by atoms with Gasteiger partial charge in [-0.2, -0.15) is 13.2 Å². The maximum Gasteiger partial charge on any atom is 0.438 e. The van der Waals surface area contributed by atoms with Gasteiger partial charge in [-0.25, -0.2) is 5.01 Å². The first-order valence-electron chi connectivity index (χ1n) is 5.49. The van der Waals surface area contributed by atoms with Gasteiger partial charge < -0.3 is 5.11 Å². The summed E-state index contributed by atoms with van der Waals surface area (Å²) in [6.45, 7) is 3.32. The van der Waals surface area contributed by atoms with Gasteiger partial charge in [0.05, 0.1) is 0 Å². The third-order valence-corrected chi connectivity index (χ3v) is 3.06. The summed E-state index contributed by atoms with van der Waals surface area (Å²) >= 11 is 5.69. The number of rotatable bonds is 1. The molecule has 1 aliphatic rings. The molecule has 1 amide bonds. The van der Waals surface area contributed by atoms with Gasteiger partial charge >= 0.3 is 6.18 Å². The van der Waals surface area contributed by atoms with Crippen molar-refractivity contribution in [3.8, 4) is 0 Å². The highest BCUT2D eigenvalue weighted by Gasteiger charge is 2.63. The summed E-state index contributed by atoms with van der Waals surface area (Å²) in [5.74, 6) is -1.05. The Morgan fingerprint density at radius 2 is 2.15 bits per heavy atom. The lowest BCUT2D eigenvalue weighted by molar-refractivity contribution is -0.299. The first-order valence-corrected chi connectivity index (χ1v) is 5.86. The number of carbonyl (C=O) groups excluding carboxylic acids is 1. The van der Waals surface area contributed by atoms with Crippen LogP contribution in [0.15, 0.2) is 36.5 Å². The molecule has 0 saturated carbocycles. The van der Waals surface area contributed by atoms with Crippen molar-refractivity contribution in [3.05, 3.63) is 47.1 Å². The number of amides is 1. The van der Waals surface area contributed by atoms with Crippen LogP contribution in [0.4, 0.5) is 13.2 Å². The van der Waals surface area contributed by atoms with Crippen LogP contribution in [0.25, 0.3) is 0 Å². The van der Waals surface area contributed by atoms with E-state index in [4.69, 9.17) is 11.6 Å². The number of carbonyl (C=O) groups is 1. The van der Waals surface area contributed by atoms with Crippen molar-refractivity contribution in [3.63, 3.8) is 0 Å². The first kappa shape index (κ1) is 14.7. The average molecular weight is 307 g/mol. The van der Waals surface area contributed by atoms with E-state index in [0.29, 0.717) is 0 Å². The number of halogens is 4. The normalized spacial score (nSPS) is 22.9. The maximum absolute atomic E-state index is 13.0. The molecule has 1 aliphatic heterocycles. The molecule has 0 bridgehead atoms. The Hall–Kier alpha value is -1.73. The quantitative estimate of drug-likeness (QED) is 0.838. The lowest BCUT2D eigenvalue weighted by Gasteiger charge is -2.33. The summed E-state index contributed by atoms with van der Waals surface area (Å²) in [4.78, 5) is 12.1. The van der Waals surface area contributed by atoms with Crippen molar-refractivity contribution in [2.24, 2.45) is 0 Å². The van der Waals surface area contributed by atoms with E-state index in [9.17, 15) is 23.1 Å². The van der Waals surface area contributed by atoms with E-state index >= 15 is 0 Å². The number of hydrazine groups is 1. The number of alkyl halides is 3. The summed E-state index contributed by atoms with van der Waals surface area (Å²) in [6.07, 6.45) is -5.85. The minimum atomic E-state index is -5.02. The van der Waals surface area contributed by atoms with E-state index in [2.05, 4.69) is 12.0 Å². The van der Waals surface area contributed by atoms with Crippen molar-refractivity contribution in [2.45, 2.75) is 18.3 Å². The highest BCUT2D eigenvalue weighted by molar-refractivity contribution is 6.30. The van der Waals surface area contributed by atoms with E-state index < -0.39 is 24.2 Å². The first-order chi connectivity index (χ1) is 9.15. The zero-order valence-corrected chi connectivity index (χ0v) is 10.8. The average Bonchev–Trinajstić information content (AvgIpc) is 2.64. The molecular formula is C12H10ClF3N2O2. The van der Waals surface area contributed by atoms with Gasteiger partial charge in [0.15, 0.2) is 0 Å². The second kappa shape index (κ2) is 4.68. The molecule has 0 aromatic heterocycles. The fraction of sp³-hybridized carbons (Fsp3) is 0.250. The highest BCUT2D eigenvalue weighted by Crippen LogP contribution is 2.41. The summed E-state index contributed by atoms with van der Waals surface area (Å²) in [6, 6.07) is 5.41. The van der Waals surface area contributed by atoms with Gasteiger partial charge in [0.2, 0.25) is 0 Å². The summed E-state index contributed by atoms with van der Waals surface area (Å²) in [7, 11) is 0. The molecule has 1 saturated heterocycles. The van der Waals surface area contributed by atoms with Crippen molar-refractivity contribution in [1.29, 1.82) is 0 Å². The Morgan fingerprint density at radius 3 is 2.70 bits per heavy atom. The van der Waals surface area contributed by atoms with E-state index in [1.807, 2.05) is 0 Å². The summed E-state index contributed by atoms with van der Waals surface area (Å²) < 4.78 is 38.9. The molecule has 1 aromatic rings. The van der Waals surface area contributed by atoms with Gasteiger partial charge in [0.25, 0.3) is 11.6 Å². The third kappa shape index (κ3) is 2.34. The smallest absolute Gasteiger partial charge is 0.362 e. The largest absolute Gasteiger partial charge is 0.438 e. The lowest BCUT2D eigenvalue weighted by Crippen LogP contribution is -2.59. The van der Waals surface area contributed by atoms with Gasteiger partial charge in [-0.1, -0.05) is 24.2 Å². The molecule has 1 fully saturated rings. The van der Waals surface area contributed by atoms with Crippen molar-refractivity contribution >= 4 is 17.5 Å². The molecule has 0 aliphatic carbocycles. The number of hydrogen-bond acceptors (Lipinski definition) is 3. The molecule has 1 atom stereocenters. The van der Waals surface area contributed by atoms with Crippen LogP contribution in [0, 0.1) is 0 Å². The number of benzene rings is 1. The number of nitrogens with one attached hydrogen (secondary N) is 1. The fourth-order valence-corrected chi connectivity index (χ4v) is 2.05. The Labute approximate surface area is 117 Å². The van der Waals surface area contributed by atoms with Gasteiger partial charge in [0, 0.05) is 22.7 Å². The van der Waals surface area contributed by atoms with Crippen LogP contribution in [0.5, 0.6) is 0 Å². The Morgan fingerprint density at radius 1 is 1.50 bits per heavy atom. The van der Waals surface area contributed by atoms with Crippen molar-refractivity contribution < 1.29 is 23.1 Å². The van der Waals surface area contributed by atoms with Crippen molar-refractivity contribution in [2.75, 3.05) is 0 Å². The van der Waals surface area contributed by atoms with Crippen LogP contribution < -0.4 is 5.43 Å². The second-order valence-electron chi connectivity index (χ2n) is 4.36. The van der Waals surface area contributed by atoms with Crippen LogP contribution in [-0.2, 0) is 0 Å². The van der Waals surface area contributed by atoms with Crippen LogP contribution in [0.2, 0.25) is 5.02 Å². The topological polar surface area (TPSA) is 52.6 Å². The molecule has 108 valence electrons. The molecular weight excluding hydrogens is 297 g/mol.